The van der Waals surface area contributed by atoms with Gasteiger partial charge in [-0.1, -0.05) is 57.3 Å². The second-order valence-electron chi connectivity index (χ2n) is 4.74. The van der Waals surface area contributed by atoms with Crippen molar-refractivity contribution in [2.45, 2.75) is 19.4 Å². The molecule has 1 unspecified atom stereocenters. The summed E-state index contributed by atoms with van der Waals surface area (Å²) in [4.78, 5) is 0. The van der Waals surface area contributed by atoms with E-state index in [9.17, 15) is 0 Å². The Morgan fingerprint density at radius 2 is 1.90 bits per heavy atom. The van der Waals surface area contributed by atoms with Crippen LogP contribution in [0.2, 0.25) is 10.0 Å². The first-order valence-corrected chi connectivity index (χ1v) is 7.94. The zero-order chi connectivity index (χ0) is 14.7. The fourth-order valence-electron chi connectivity index (χ4n) is 2.28. The zero-order valence-electron chi connectivity index (χ0n) is 11.4. The largest absolute Gasteiger partial charge is 0.313 e. The fourth-order valence-corrected chi connectivity index (χ4v) is 3.21. The van der Waals surface area contributed by atoms with Gasteiger partial charge in [0.2, 0.25) is 0 Å². The molecule has 2 aromatic rings. The Kier molecular flexibility index (Phi) is 5.50. The van der Waals surface area contributed by atoms with E-state index < -0.39 is 0 Å². The molecule has 1 nitrogen and oxygen atoms in total. The third-order valence-electron chi connectivity index (χ3n) is 3.47. The number of halogens is 3. The Morgan fingerprint density at radius 3 is 2.55 bits per heavy atom. The Balaban J connectivity index is 2.31. The first-order valence-electron chi connectivity index (χ1n) is 6.39. The predicted octanol–water partition coefficient (Wildman–Crippen LogP) is 5.57. The van der Waals surface area contributed by atoms with Gasteiger partial charge in [-0.05, 0) is 55.3 Å². The maximum atomic E-state index is 6.31. The normalized spacial score (nSPS) is 12.4. The molecule has 4 heteroatoms. The third kappa shape index (κ3) is 3.56. The molecule has 0 fully saturated rings. The molecule has 0 amide bonds. The summed E-state index contributed by atoms with van der Waals surface area (Å²) in [6.07, 6.45) is 0.823. The van der Waals surface area contributed by atoms with E-state index in [1.807, 2.05) is 38.2 Å². The van der Waals surface area contributed by atoms with Gasteiger partial charge in [0.15, 0.2) is 0 Å². The van der Waals surface area contributed by atoms with Gasteiger partial charge in [-0.2, -0.15) is 0 Å². The molecule has 1 atom stereocenters. The highest BCUT2D eigenvalue weighted by atomic mass is 79.9. The van der Waals surface area contributed by atoms with Gasteiger partial charge in [0.25, 0.3) is 0 Å². The summed E-state index contributed by atoms with van der Waals surface area (Å²) in [6.45, 7) is 2.05. The van der Waals surface area contributed by atoms with Gasteiger partial charge >= 0.3 is 0 Å². The molecule has 0 aliphatic carbocycles. The van der Waals surface area contributed by atoms with Crippen LogP contribution in [0.5, 0.6) is 0 Å². The van der Waals surface area contributed by atoms with Crippen LogP contribution in [0.1, 0.15) is 22.7 Å². The van der Waals surface area contributed by atoms with Gasteiger partial charge in [-0.3, -0.25) is 0 Å². The van der Waals surface area contributed by atoms with Crippen molar-refractivity contribution in [3.63, 3.8) is 0 Å². The summed E-state index contributed by atoms with van der Waals surface area (Å²) in [5.74, 6) is 0. The smallest absolute Gasteiger partial charge is 0.0449 e. The SMILES string of the molecule is CNC(Cc1ccc(Br)cc1Cl)c1cccc(Cl)c1C. The van der Waals surface area contributed by atoms with Crippen LogP contribution >= 0.6 is 39.1 Å². The van der Waals surface area contributed by atoms with E-state index in [0.717, 1.165) is 32.1 Å². The number of likely N-dealkylation sites (N-methyl/N-ethyl adjacent to an activating group) is 1. The molecule has 106 valence electrons. The van der Waals surface area contributed by atoms with Crippen LogP contribution < -0.4 is 5.32 Å². The van der Waals surface area contributed by atoms with E-state index in [4.69, 9.17) is 23.2 Å². The molecule has 0 aliphatic rings. The van der Waals surface area contributed by atoms with Crippen molar-refractivity contribution in [3.05, 3.63) is 67.6 Å². The molecular formula is C16H16BrCl2N. The molecule has 0 saturated heterocycles. The summed E-state index contributed by atoms with van der Waals surface area (Å²) in [6, 6.07) is 12.2. The number of hydrogen-bond donors (Lipinski definition) is 1. The highest BCUT2D eigenvalue weighted by molar-refractivity contribution is 9.10. The lowest BCUT2D eigenvalue weighted by Crippen LogP contribution is -2.20. The van der Waals surface area contributed by atoms with Crippen molar-refractivity contribution >= 4 is 39.1 Å². The van der Waals surface area contributed by atoms with Crippen molar-refractivity contribution in [1.82, 2.24) is 5.32 Å². The Labute approximate surface area is 138 Å². The van der Waals surface area contributed by atoms with Crippen molar-refractivity contribution in [2.75, 3.05) is 7.05 Å². The molecule has 2 aromatic carbocycles. The van der Waals surface area contributed by atoms with Crippen molar-refractivity contribution < 1.29 is 0 Å². The van der Waals surface area contributed by atoms with Crippen LogP contribution in [-0.4, -0.2) is 7.05 Å². The quantitative estimate of drug-likeness (QED) is 0.739. The van der Waals surface area contributed by atoms with Crippen LogP contribution in [0.4, 0.5) is 0 Å². The number of nitrogens with one attached hydrogen (secondary N) is 1. The van der Waals surface area contributed by atoms with Gasteiger partial charge < -0.3 is 5.32 Å². The summed E-state index contributed by atoms with van der Waals surface area (Å²) in [5.41, 5.74) is 3.44. The van der Waals surface area contributed by atoms with Gasteiger partial charge in [0.1, 0.15) is 0 Å². The van der Waals surface area contributed by atoms with Crippen molar-refractivity contribution in [1.29, 1.82) is 0 Å². The number of rotatable bonds is 4. The fraction of sp³-hybridized carbons (Fsp3) is 0.250. The van der Waals surface area contributed by atoms with E-state index >= 15 is 0 Å². The molecule has 0 aliphatic heterocycles. The lowest BCUT2D eigenvalue weighted by atomic mass is 9.95. The van der Waals surface area contributed by atoms with Crippen molar-refractivity contribution in [2.24, 2.45) is 0 Å². The number of benzene rings is 2. The predicted molar refractivity (Wildman–Crippen MR) is 90.8 cm³/mol. The molecule has 0 aromatic heterocycles. The standard InChI is InChI=1S/C16H16BrCl2N/c1-10-13(4-3-5-14(10)18)16(20-2)8-11-6-7-12(17)9-15(11)19/h3-7,9,16,20H,8H2,1-2H3. The van der Waals surface area contributed by atoms with Crippen molar-refractivity contribution in [3.8, 4) is 0 Å². The maximum absolute atomic E-state index is 6.31. The first kappa shape index (κ1) is 15.8. The summed E-state index contributed by atoms with van der Waals surface area (Å²) >= 11 is 15.9. The minimum atomic E-state index is 0.187. The minimum Gasteiger partial charge on any atom is -0.313 e. The van der Waals surface area contributed by atoms with Crippen LogP contribution in [-0.2, 0) is 6.42 Å². The average molecular weight is 373 g/mol. The summed E-state index contributed by atoms with van der Waals surface area (Å²) in [7, 11) is 1.96. The minimum absolute atomic E-state index is 0.187. The van der Waals surface area contributed by atoms with Gasteiger partial charge in [0, 0.05) is 20.6 Å². The van der Waals surface area contributed by atoms with E-state index in [-0.39, 0.29) is 6.04 Å². The average Bonchev–Trinajstić information content (AvgIpc) is 2.42. The first-order chi connectivity index (χ1) is 9.52. The molecule has 1 N–H and O–H groups in total. The van der Waals surface area contributed by atoms with Crippen LogP contribution in [0.15, 0.2) is 40.9 Å². The Morgan fingerprint density at radius 1 is 1.15 bits per heavy atom. The third-order valence-corrected chi connectivity index (χ3v) is 4.73. The van der Waals surface area contributed by atoms with Gasteiger partial charge in [0.05, 0.1) is 0 Å². The highest BCUT2D eigenvalue weighted by Gasteiger charge is 2.15. The van der Waals surface area contributed by atoms with Gasteiger partial charge in [-0.15, -0.1) is 0 Å². The highest BCUT2D eigenvalue weighted by Crippen LogP contribution is 2.29. The van der Waals surface area contributed by atoms with Crippen LogP contribution in [0, 0.1) is 6.92 Å². The Bertz CT molecular complexity index is 613. The summed E-state index contributed by atoms with van der Waals surface area (Å²) < 4.78 is 0.992. The molecule has 20 heavy (non-hydrogen) atoms. The molecule has 2 rings (SSSR count). The Hall–Kier alpha value is -0.540. The zero-order valence-corrected chi connectivity index (χ0v) is 14.5. The lowest BCUT2D eigenvalue weighted by Gasteiger charge is -2.20. The molecular weight excluding hydrogens is 357 g/mol. The van der Waals surface area contributed by atoms with E-state index in [1.165, 1.54) is 5.56 Å². The topological polar surface area (TPSA) is 12.0 Å². The van der Waals surface area contributed by atoms with Crippen LogP contribution in [0.3, 0.4) is 0 Å². The number of hydrogen-bond acceptors (Lipinski definition) is 1. The molecule has 0 spiro atoms. The molecule has 0 saturated carbocycles. The molecule has 0 radical (unpaired) electrons. The lowest BCUT2D eigenvalue weighted by molar-refractivity contribution is 0.589. The van der Waals surface area contributed by atoms with Crippen LogP contribution in [0.25, 0.3) is 0 Å². The van der Waals surface area contributed by atoms with E-state index in [0.29, 0.717) is 0 Å². The van der Waals surface area contributed by atoms with E-state index in [2.05, 4.69) is 33.4 Å². The second-order valence-corrected chi connectivity index (χ2v) is 6.47. The van der Waals surface area contributed by atoms with Gasteiger partial charge in [-0.25, -0.2) is 0 Å². The second kappa shape index (κ2) is 6.95. The maximum Gasteiger partial charge on any atom is 0.0449 e. The molecule has 0 heterocycles. The molecule has 0 bridgehead atoms. The summed E-state index contributed by atoms with van der Waals surface area (Å²) in [5, 5.41) is 4.92. The monoisotopic (exact) mass is 371 g/mol. The van der Waals surface area contributed by atoms with E-state index in [1.54, 1.807) is 0 Å².